The predicted molar refractivity (Wildman–Crippen MR) is 189 cm³/mol. The van der Waals surface area contributed by atoms with E-state index >= 15 is 35.1 Å². The van der Waals surface area contributed by atoms with E-state index in [-0.39, 0.29) is 27.8 Å². The van der Waals surface area contributed by atoms with E-state index in [0.717, 1.165) is 17.1 Å². The van der Waals surface area contributed by atoms with Crippen LogP contribution in [0, 0.1) is 153 Å². The molecule has 3 nitrogen and oxygen atoms in total. The topological polar surface area (TPSA) is 60.5 Å². The maximum Gasteiger partial charge on any atom is 2.00 e. The minimum atomic E-state index is -7.22. The van der Waals surface area contributed by atoms with Crippen molar-refractivity contribution in [3.8, 4) is 6.07 Å². The van der Waals surface area contributed by atoms with Crippen molar-refractivity contribution in [2.75, 3.05) is 0 Å². The summed E-state index contributed by atoms with van der Waals surface area (Å²) >= 11 is 0. The van der Waals surface area contributed by atoms with Crippen molar-refractivity contribution in [1.82, 2.24) is 4.98 Å². The van der Waals surface area contributed by atoms with Gasteiger partial charge in [0.05, 0.1) is 17.5 Å². The van der Waals surface area contributed by atoms with Gasteiger partial charge < -0.3 is 12.8 Å². The van der Waals surface area contributed by atoms with E-state index in [1.54, 1.807) is 6.07 Å². The second-order valence-electron chi connectivity index (χ2n) is 13.4. The van der Waals surface area contributed by atoms with E-state index in [4.69, 9.17) is 10.7 Å². The van der Waals surface area contributed by atoms with Gasteiger partial charge in [-0.15, -0.1) is 21.9 Å². The van der Waals surface area contributed by atoms with Crippen LogP contribution in [0.1, 0.15) is 50.4 Å². The Morgan fingerprint density at radius 2 is 0.723 bits per heavy atom. The number of hydrogen-bond acceptors (Lipinski definition) is 3. The molecule has 1 aliphatic rings. The smallest absolute Gasteiger partial charge is 0.358 e. The van der Waals surface area contributed by atoms with Crippen LogP contribution in [0.3, 0.4) is 0 Å². The zero-order valence-electron chi connectivity index (χ0n) is 32.7. The average Bonchev–Trinajstić information content (AvgIpc) is 3.26. The normalized spacial score (nSPS) is 12.5. The molecule has 1 aromatic heterocycles. The Hall–Kier alpha value is -5.48. The van der Waals surface area contributed by atoms with Gasteiger partial charge in [0, 0.05) is 18.5 Å². The first-order chi connectivity index (χ1) is 29.4. The zero-order valence-corrected chi connectivity index (χ0v) is 34.2. The van der Waals surface area contributed by atoms with Crippen LogP contribution >= 0.6 is 0 Å². The minimum absolute atomic E-state index is 0. The third-order valence-corrected chi connectivity index (χ3v) is 9.88. The molecule has 4 aromatic carbocycles. The Morgan fingerprint density at radius 1 is 0.492 bits per heavy atom. The van der Waals surface area contributed by atoms with E-state index in [1.165, 1.54) is 39.0 Å². The fraction of sp³-hybridized carbons (Fsp3) is 0.200. The van der Waals surface area contributed by atoms with Gasteiger partial charge in [0.15, 0.2) is 69.8 Å². The van der Waals surface area contributed by atoms with Crippen molar-refractivity contribution in [1.29, 1.82) is 10.7 Å². The molecule has 6 rings (SSSR count). The van der Waals surface area contributed by atoms with Gasteiger partial charge in [-0.1, -0.05) is 25.3 Å². The number of benzene rings is 4. The Bertz CT molecular complexity index is 2300. The number of nitrogens with one attached hydrogen (secondary N) is 1. The summed E-state index contributed by atoms with van der Waals surface area (Å²) in [5.41, 5.74) is -11.7. The number of halogens is 20. The predicted octanol–water partition coefficient (Wildman–Crippen LogP) is 10.2. The molecule has 0 atom stereocenters. The zero-order chi connectivity index (χ0) is 47.7. The Labute approximate surface area is 368 Å². The molecule has 352 valence electrons. The standard InChI is InChI=1S/C24BF20.C13H18N2.C2H3N.CH3.Pd/c26-5-1(6(27)14(35)21(42)13(5)34)25(2-7(28)15(36)22(43)16(37)8(2)29,3-9(30)17(38)23(44)18(39)10(3)31)4-11(32)19(40)24(45)20(41)12(4)33;1-10-6-5-9-12(15-10)13(14)11-7-3-2-4-8-11;1-2-3;;/h;5-6,9,11,14H,2-4,7-8H2,1H3;1H3;1H3;/q-1;;;-1;+2. The summed E-state index contributed by atoms with van der Waals surface area (Å²) in [6.07, 6.45) is -0.975. The van der Waals surface area contributed by atoms with Crippen LogP contribution in [0.5, 0.6) is 0 Å². The van der Waals surface area contributed by atoms with Crippen molar-refractivity contribution >= 4 is 33.7 Å². The van der Waals surface area contributed by atoms with Gasteiger partial charge in [-0.2, -0.15) is 5.26 Å². The SMILES string of the molecule is CC#N.Cc1cccc(C(=N)C2CCCCC2)n1.Fc1c(F)c(F)c([B-](c2c(F)c(F)c(F)c(F)c2F)(c2c(F)c(F)c(F)c(F)c2F)c2c(F)c(F)c(F)c(F)c2F)c(F)c1F.[CH3-].[Pd+2]. The number of hydrogen-bond donors (Lipinski definition) is 1. The number of aryl methyl sites for hydroxylation is 1. The monoisotopic (exact) mass is 1040 g/mol. The molecule has 1 fully saturated rings. The van der Waals surface area contributed by atoms with Crippen LogP contribution in [0.4, 0.5) is 87.8 Å². The fourth-order valence-electron chi connectivity index (χ4n) is 7.17. The molecule has 0 spiro atoms. The number of rotatable bonds is 6. The summed E-state index contributed by atoms with van der Waals surface area (Å²) in [7, 11) is 0. The number of nitrogens with zero attached hydrogens (tertiary/aromatic N) is 2. The van der Waals surface area contributed by atoms with E-state index in [0.29, 0.717) is 5.92 Å². The van der Waals surface area contributed by atoms with Crippen LogP contribution in [-0.2, 0) is 20.4 Å². The Kier molecular flexibility index (Phi) is 18.6. The summed E-state index contributed by atoms with van der Waals surface area (Å²) in [6, 6.07) is 7.69. The van der Waals surface area contributed by atoms with Crippen LogP contribution in [0.15, 0.2) is 18.2 Å². The largest absolute Gasteiger partial charge is 2.00 e. The third-order valence-electron chi connectivity index (χ3n) is 9.88. The van der Waals surface area contributed by atoms with Gasteiger partial charge in [0.2, 0.25) is 0 Å². The fourth-order valence-corrected chi connectivity index (χ4v) is 7.17. The molecule has 1 N–H and O–H groups in total. The van der Waals surface area contributed by atoms with E-state index in [2.05, 4.69) is 4.98 Å². The second-order valence-corrected chi connectivity index (χ2v) is 13.4. The summed E-state index contributed by atoms with van der Waals surface area (Å²) in [5, 5.41) is 15.5. The molecular formula is C40H24BF20N3Pd. The third kappa shape index (κ3) is 9.47. The van der Waals surface area contributed by atoms with Crippen molar-refractivity contribution < 1.29 is 108 Å². The van der Waals surface area contributed by atoms with E-state index in [9.17, 15) is 52.7 Å². The summed E-state index contributed by atoms with van der Waals surface area (Å²) in [5.74, 6) is -71.0. The Morgan fingerprint density at radius 3 is 0.954 bits per heavy atom. The second kappa shape index (κ2) is 21.7. The van der Waals surface area contributed by atoms with E-state index in [1.807, 2.05) is 25.1 Å². The summed E-state index contributed by atoms with van der Waals surface area (Å²) < 4.78 is 294. The average molecular weight is 1040 g/mol. The molecule has 0 radical (unpaired) electrons. The van der Waals surface area contributed by atoms with Gasteiger partial charge in [0.25, 0.3) is 0 Å². The van der Waals surface area contributed by atoms with Gasteiger partial charge in [-0.05, 0) is 31.9 Å². The quantitative estimate of drug-likeness (QED) is 0.0460. The van der Waals surface area contributed by atoms with E-state index < -0.39 is 144 Å². The minimum Gasteiger partial charge on any atom is -0.358 e. The molecule has 1 heterocycles. The molecule has 0 saturated heterocycles. The molecule has 0 bridgehead atoms. The molecule has 5 aromatic rings. The molecule has 1 aliphatic carbocycles. The number of pyridine rings is 1. The van der Waals surface area contributed by atoms with Gasteiger partial charge in [-0.25, -0.2) is 87.8 Å². The first-order valence-electron chi connectivity index (χ1n) is 17.5. The maximum absolute atomic E-state index is 15.4. The van der Waals surface area contributed by atoms with Crippen LogP contribution in [0.2, 0.25) is 0 Å². The molecule has 1 saturated carbocycles. The summed E-state index contributed by atoms with van der Waals surface area (Å²) in [4.78, 5) is 4.42. The Balaban J connectivity index is 0.000000605. The van der Waals surface area contributed by atoms with Crippen LogP contribution < -0.4 is 21.9 Å². The van der Waals surface area contributed by atoms with Gasteiger partial charge in [-0.3, -0.25) is 4.98 Å². The molecule has 0 aliphatic heterocycles. The van der Waals surface area contributed by atoms with Crippen molar-refractivity contribution in [2.24, 2.45) is 5.92 Å². The van der Waals surface area contributed by atoms with Gasteiger partial charge in [0.1, 0.15) is 52.7 Å². The van der Waals surface area contributed by atoms with Crippen molar-refractivity contribution in [3.63, 3.8) is 0 Å². The first kappa shape index (κ1) is 55.6. The van der Waals surface area contributed by atoms with Crippen molar-refractivity contribution in [3.05, 3.63) is 153 Å². The number of nitriles is 1. The molecule has 0 unspecified atom stereocenters. The van der Waals surface area contributed by atoms with Crippen molar-refractivity contribution in [2.45, 2.75) is 46.0 Å². The molecule has 25 heteroatoms. The summed E-state index contributed by atoms with van der Waals surface area (Å²) in [6.45, 7) is 3.41. The maximum atomic E-state index is 15.4. The molecule has 65 heavy (non-hydrogen) atoms. The first-order valence-corrected chi connectivity index (χ1v) is 17.5. The number of aromatic nitrogens is 1. The molecular weight excluding hydrogens is 1020 g/mol. The van der Waals surface area contributed by atoms with Crippen LogP contribution in [-0.4, -0.2) is 16.8 Å². The molecule has 0 amide bonds. The van der Waals surface area contributed by atoms with Gasteiger partial charge >= 0.3 is 20.4 Å². The van der Waals surface area contributed by atoms with Crippen LogP contribution in [0.25, 0.3) is 0 Å².